The molecule has 1 N–H and O–H groups in total. The maximum Gasteiger partial charge on any atom is 0.287 e. The molecule has 3 rings (SSSR count). The Morgan fingerprint density at radius 2 is 1.85 bits per heavy atom. The number of nitrogens with one attached hydrogen (secondary N) is 1. The minimum absolute atomic E-state index is 0.223. The molecule has 0 spiro atoms. The molecule has 1 heterocycles. The second kappa shape index (κ2) is 7.12. The lowest BCUT2D eigenvalue weighted by Gasteiger charge is -2.17. The van der Waals surface area contributed by atoms with E-state index in [2.05, 4.69) is 5.32 Å². The summed E-state index contributed by atoms with van der Waals surface area (Å²) in [7, 11) is 3.24. The van der Waals surface area contributed by atoms with Crippen LogP contribution in [0.5, 0.6) is 11.5 Å². The first-order valence-corrected chi connectivity index (χ1v) is 8.47. The van der Waals surface area contributed by atoms with Crippen molar-refractivity contribution in [3.05, 3.63) is 58.8 Å². The monoisotopic (exact) mass is 353 g/mol. The van der Waals surface area contributed by atoms with Crippen LogP contribution in [-0.2, 0) is 0 Å². The SMILES string of the molecule is COc1ccc2oc(C(=O)N[C@@H](C)c3cc(C)ccc3OC)c(C)c2c1. The lowest BCUT2D eigenvalue weighted by atomic mass is 10.0. The maximum absolute atomic E-state index is 12.8. The van der Waals surface area contributed by atoms with Crippen molar-refractivity contribution in [3.8, 4) is 11.5 Å². The first-order valence-electron chi connectivity index (χ1n) is 8.47. The first kappa shape index (κ1) is 17.9. The van der Waals surface area contributed by atoms with E-state index in [-0.39, 0.29) is 11.9 Å². The normalized spacial score (nSPS) is 12.0. The number of rotatable bonds is 5. The van der Waals surface area contributed by atoms with Gasteiger partial charge in [0.15, 0.2) is 5.76 Å². The van der Waals surface area contributed by atoms with Crippen LogP contribution in [0.15, 0.2) is 40.8 Å². The Kier molecular flexibility index (Phi) is 4.89. The summed E-state index contributed by atoms with van der Waals surface area (Å²) in [5, 5.41) is 3.87. The van der Waals surface area contributed by atoms with Crippen LogP contribution >= 0.6 is 0 Å². The summed E-state index contributed by atoms with van der Waals surface area (Å²) in [5.74, 6) is 1.53. The number of carbonyl (C=O) groups is 1. The molecule has 2 aromatic carbocycles. The van der Waals surface area contributed by atoms with Crippen molar-refractivity contribution in [2.75, 3.05) is 14.2 Å². The van der Waals surface area contributed by atoms with Gasteiger partial charge in [-0.1, -0.05) is 17.7 Å². The van der Waals surface area contributed by atoms with E-state index in [0.717, 1.165) is 33.6 Å². The molecule has 5 nitrogen and oxygen atoms in total. The number of fused-ring (bicyclic) bond motifs is 1. The molecule has 1 atom stereocenters. The summed E-state index contributed by atoms with van der Waals surface area (Å²) in [5.41, 5.74) is 3.49. The molecule has 0 unspecified atom stereocenters. The third-order valence-electron chi connectivity index (χ3n) is 4.55. The van der Waals surface area contributed by atoms with Gasteiger partial charge in [0.1, 0.15) is 17.1 Å². The molecule has 1 aromatic heterocycles. The van der Waals surface area contributed by atoms with Gasteiger partial charge in [0.05, 0.1) is 20.3 Å². The number of methoxy groups -OCH3 is 2. The molecule has 5 heteroatoms. The Morgan fingerprint density at radius 1 is 1.08 bits per heavy atom. The fourth-order valence-electron chi connectivity index (χ4n) is 3.08. The predicted octanol–water partition coefficient (Wildman–Crippen LogP) is 4.56. The fourth-order valence-corrected chi connectivity index (χ4v) is 3.08. The first-order chi connectivity index (χ1) is 12.4. The van der Waals surface area contributed by atoms with Crippen molar-refractivity contribution in [1.29, 1.82) is 0 Å². The van der Waals surface area contributed by atoms with E-state index in [1.165, 1.54) is 0 Å². The number of amides is 1. The van der Waals surface area contributed by atoms with Gasteiger partial charge in [0, 0.05) is 16.5 Å². The van der Waals surface area contributed by atoms with Crippen LogP contribution in [0.3, 0.4) is 0 Å². The van der Waals surface area contributed by atoms with Crippen molar-refractivity contribution in [1.82, 2.24) is 5.32 Å². The van der Waals surface area contributed by atoms with Gasteiger partial charge in [0.25, 0.3) is 5.91 Å². The van der Waals surface area contributed by atoms with Gasteiger partial charge in [0.2, 0.25) is 0 Å². The summed E-state index contributed by atoms with van der Waals surface area (Å²) in [6.07, 6.45) is 0. The summed E-state index contributed by atoms with van der Waals surface area (Å²) >= 11 is 0. The molecule has 0 saturated carbocycles. The molecule has 0 bridgehead atoms. The van der Waals surface area contributed by atoms with E-state index in [1.807, 2.05) is 57.2 Å². The molecular formula is C21H23NO4. The van der Waals surface area contributed by atoms with Crippen molar-refractivity contribution in [2.45, 2.75) is 26.8 Å². The van der Waals surface area contributed by atoms with E-state index in [0.29, 0.717) is 11.3 Å². The van der Waals surface area contributed by atoms with Crippen LogP contribution in [0.1, 0.15) is 40.2 Å². The van der Waals surface area contributed by atoms with E-state index in [4.69, 9.17) is 13.9 Å². The zero-order valence-electron chi connectivity index (χ0n) is 15.7. The molecular weight excluding hydrogens is 330 g/mol. The van der Waals surface area contributed by atoms with E-state index < -0.39 is 0 Å². The topological polar surface area (TPSA) is 60.7 Å². The van der Waals surface area contributed by atoms with Crippen molar-refractivity contribution >= 4 is 16.9 Å². The number of aryl methyl sites for hydroxylation is 2. The Hall–Kier alpha value is -2.95. The molecule has 136 valence electrons. The van der Waals surface area contributed by atoms with Crippen molar-refractivity contribution in [2.24, 2.45) is 0 Å². The van der Waals surface area contributed by atoms with Crippen LogP contribution in [0.25, 0.3) is 11.0 Å². The number of hydrogen-bond acceptors (Lipinski definition) is 4. The Balaban J connectivity index is 1.89. The average Bonchev–Trinajstić information content (AvgIpc) is 2.97. The number of hydrogen-bond donors (Lipinski definition) is 1. The number of ether oxygens (including phenoxy) is 2. The van der Waals surface area contributed by atoms with Crippen LogP contribution in [0.4, 0.5) is 0 Å². The molecule has 0 saturated heterocycles. The van der Waals surface area contributed by atoms with Gasteiger partial charge in [-0.25, -0.2) is 0 Å². The lowest BCUT2D eigenvalue weighted by Crippen LogP contribution is -2.27. The standard InChI is InChI=1S/C21H23NO4/c1-12-6-8-18(25-5)17(10-12)14(3)22-21(23)20-13(2)16-11-15(24-4)7-9-19(16)26-20/h6-11,14H,1-5H3,(H,22,23)/t14-/m0/s1. The zero-order valence-corrected chi connectivity index (χ0v) is 15.7. The molecule has 0 fully saturated rings. The smallest absolute Gasteiger partial charge is 0.287 e. The van der Waals surface area contributed by atoms with Gasteiger partial charge < -0.3 is 19.2 Å². The van der Waals surface area contributed by atoms with E-state index in [1.54, 1.807) is 14.2 Å². The molecule has 0 aliphatic carbocycles. The molecule has 3 aromatic rings. The Labute approximate surface area is 152 Å². The number of carbonyl (C=O) groups excluding carboxylic acids is 1. The van der Waals surface area contributed by atoms with Gasteiger partial charge in [-0.2, -0.15) is 0 Å². The third kappa shape index (κ3) is 3.25. The minimum Gasteiger partial charge on any atom is -0.497 e. The molecule has 1 amide bonds. The largest absolute Gasteiger partial charge is 0.497 e. The van der Waals surface area contributed by atoms with Crippen molar-refractivity contribution < 1.29 is 18.7 Å². The van der Waals surface area contributed by atoms with Crippen LogP contribution < -0.4 is 14.8 Å². The maximum atomic E-state index is 12.8. The highest BCUT2D eigenvalue weighted by Gasteiger charge is 2.21. The molecule has 0 aliphatic rings. The Bertz CT molecular complexity index is 958. The second-order valence-electron chi connectivity index (χ2n) is 6.36. The highest BCUT2D eigenvalue weighted by molar-refractivity contribution is 5.99. The van der Waals surface area contributed by atoms with Crippen LogP contribution in [0, 0.1) is 13.8 Å². The number of furan rings is 1. The van der Waals surface area contributed by atoms with Crippen molar-refractivity contribution in [3.63, 3.8) is 0 Å². The van der Waals surface area contributed by atoms with E-state index in [9.17, 15) is 4.79 Å². The van der Waals surface area contributed by atoms with Gasteiger partial charge in [-0.05, 0) is 45.0 Å². The summed E-state index contributed by atoms with van der Waals surface area (Å²) in [6, 6.07) is 11.2. The molecule has 0 aliphatic heterocycles. The van der Waals surface area contributed by atoms with Gasteiger partial charge >= 0.3 is 0 Å². The Morgan fingerprint density at radius 3 is 2.54 bits per heavy atom. The summed E-state index contributed by atoms with van der Waals surface area (Å²) < 4.78 is 16.4. The minimum atomic E-state index is -0.256. The lowest BCUT2D eigenvalue weighted by molar-refractivity contribution is 0.0913. The van der Waals surface area contributed by atoms with Gasteiger partial charge in [-0.3, -0.25) is 4.79 Å². The zero-order chi connectivity index (χ0) is 18.8. The number of benzene rings is 2. The predicted molar refractivity (Wildman–Crippen MR) is 101 cm³/mol. The van der Waals surface area contributed by atoms with E-state index >= 15 is 0 Å². The molecule has 0 radical (unpaired) electrons. The van der Waals surface area contributed by atoms with Crippen LogP contribution in [-0.4, -0.2) is 20.1 Å². The second-order valence-corrected chi connectivity index (χ2v) is 6.36. The average molecular weight is 353 g/mol. The fraction of sp³-hybridized carbons (Fsp3) is 0.286. The third-order valence-corrected chi connectivity index (χ3v) is 4.55. The van der Waals surface area contributed by atoms with Gasteiger partial charge in [-0.15, -0.1) is 0 Å². The molecule has 26 heavy (non-hydrogen) atoms. The quantitative estimate of drug-likeness (QED) is 0.730. The van der Waals surface area contributed by atoms with Crippen LogP contribution in [0.2, 0.25) is 0 Å². The summed E-state index contributed by atoms with van der Waals surface area (Å²) in [6.45, 7) is 5.81. The summed E-state index contributed by atoms with van der Waals surface area (Å²) in [4.78, 5) is 12.8. The highest BCUT2D eigenvalue weighted by Crippen LogP contribution is 2.30. The highest BCUT2D eigenvalue weighted by atomic mass is 16.5.